The second-order valence-electron chi connectivity index (χ2n) is 3.61. The van der Waals surface area contributed by atoms with Gasteiger partial charge >= 0.3 is 0 Å². The van der Waals surface area contributed by atoms with Gasteiger partial charge < -0.3 is 4.84 Å². The van der Waals surface area contributed by atoms with Crippen molar-refractivity contribution in [1.82, 2.24) is 0 Å². The molecule has 1 heterocycles. The van der Waals surface area contributed by atoms with Crippen molar-refractivity contribution < 1.29 is 9.63 Å². The van der Waals surface area contributed by atoms with Crippen LogP contribution in [0.25, 0.3) is 0 Å². The lowest BCUT2D eigenvalue weighted by molar-refractivity contribution is 0.0996. The number of alkyl halides is 1. The molecule has 0 spiro atoms. The first-order valence-electron chi connectivity index (χ1n) is 5.21. The molecule has 0 saturated carbocycles. The summed E-state index contributed by atoms with van der Waals surface area (Å²) in [5, 5.41) is 3.92. The second kappa shape index (κ2) is 5.25. The molecule has 0 aliphatic carbocycles. The Balaban J connectivity index is 2.13. The average Bonchev–Trinajstić information content (AvgIpc) is 2.39. The van der Waals surface area contributed by atoms with E-state index in [0.717, 1.165) is 18.6 Å². The number of nitrogens with zero attached hydrogens (tertiary/aromatic N) is 1. The van der Waals surface area contributed by atoms with Gasteiger partial charge in [0.1, 0.15) is 11.4 Å². The van der Waals surface area contributed by atoms with Gasteiger partial charge in [0, 0.05) is 5.56 Å². The van der Waals surface area contributed by atoms with Gasteiger partial charge in [-0.25, -0.2) is 0 Å². The van der Waals surface area contributed by atoms with Gasteiger partial charge in [0.25, 0.3) is 0 Å². The third-order valence-electron chi connectivity index (χ3n) is 2.43. The van der Waals surface area contributed by atoms with Crippen LogP contribution in [-0.4, -0.2) is 22.9 Å². The Labute approximate surface area is 103 Å². The van der Waals surface area contributed by atoms with E-state index in [0.29, 0.717) is 12.2 Å². The third-order valence-corrected chi connectivity index (χ3v) is 3.38. The summed E-state index contributed by atoms with van der Waals surface area (Å²) in [7, 11) is 0. The molecule has 1 unspecified atom stereocenters. The normalized spacial score (nSPS) is 17.2. The summed E-state index contributed by atoms with van der Waals surface area (Å²) in [5.74, 6) is 0.0323. The van der Waals surface area contributed by atoms with Crippen molar-refractivity contribution in [2.24, 2.45) is 5.16 Å². The van der Waals surface area contributed by atoms with Crippen molar-refractivity contribution in [2.75, 3.05) is 6.61 Å². The van der Waals surface area contributed by atoms with E-state index in [-0.39, 0.29) is 10.6 Å². The molecular formula is C12H12BrNO2. The highest BCUT2D eigenvalue weighted by Gasteiger charge is 2.24. The van der Waals surface area contributed by atoms with Crippen molar-refractivity contribution in [1.29, 1.82) is 0 Å². The van der Waals surface area contributed by atoms with E-state index in [1.54, 1.807) is 12.1 Å². The minimum Gasteiger partial charge on any atom is -0.396 e. The quantitative estimate of drug-likeness (QED) is 0.631. The van der Waals surface area contributed by atoms with Gasteiger partial charge in [-0.2, -0.15) is 0 Å². The van der Waals surface area contributed by atoms with E-state index < -0.39 is 0 Å². The van der Waals surface area contributed by atoms with E-state index in [1.807, 2.05) is 18.2 Å². The van der Waals surface area contributed by atoms with Crippen LogP contribution in [0.3, 0.4) is 0 Å². The number of carbonyl (C=O) groups excluding carboxylic acids is 1. The maximum absolute atomic E-state index is 12.1. The highest BCUT2D eigenvalue weighted by molar-refractivity contribution is 9.10. The molecule has 0 aromatic heterocycles. The molecule has 3 nitrogen and oxygen atoms in total. The Morgan fingerprint density at radius 1 is 1.38 bits per heavy atom. The standard InChI is InChI=1S/C12H12BrNO2/c13-11(10-7-4-8-16-14-10)12(15)9-5-2-1-3-6-9/h1-3,5-6,11H,4,7-8H2. The molecule has 0 radical (unpaired) electrons. The van der Waals surface area contributed by atoms with Crippen LogP contribution in [0.1, 0.15) is 23.2 Å². The lowest BCUT2D eigenvalue weighted by atomic mass is 10.0. The van der Waals surface area contributed by atoms with E-state index in [1.165, 1.54) is 0 Å². The first-order valence-corrected chi connectivity index (χ1v) is 6.12. The SMILES string of the molecule is O=C(c1ccccc1)C(Br)C1=NOCCC1. The topological polar surface area (TPSA) is 38.7 Å². The maximum Gasteiger partial charge on any atom is 0.182 e. The second-order valence-corrected chi connectivity index (χ2v) is 4.53. The monoisotopic (exact) mass is 281 g/mol. The molecule has 0 N–H and O–H groups in total. The Hall–Kier alpha value is -1.16. The summed E-state index contributed by atoms with van der Waals surface area (Å²) in [6.07, 6.45) is 1.73. The zero-order valence-electron chi connectivity index (χ0n) is 8.73. The van der Waals surface area contributed by atoms with Crippen molar-refractivity contribution in [2.45, 2.75) is 17.7 Å². The van der Waals surface area contributed by atoms with Crippen LogP contribution >= 0.6 is 15.9 Å². The molecule has 0 amide bonds. The Kier molecular flexibility index (Phi) is 3.72. The minimum atomic E-state index is -0.366. The molecule has 1 aromatic rings. The summed E-state index contributed by atoms with van der Waals surface area (Å²) < 4.78 is 0. The van der Waals surface area contributed by atoms with Crippen LogP contribution in [0.15, 0.2) is 35.5 Å². The Bertz CT molecular complexity index is 403. The zero-order valence-corrected chi connectivity index (χ0v) is 10.3. The molecule has 1 aliphatic rings. The van der Waals surface area contributed by atoms with Crippen LogP contribution in [0, 0.1) is 0 Å². The lowest BCUT2D eigenvalue weighted by Gasteiger charge is -2.15. The van der Waals surface area contributed by atoms with E-state index >= 15 is 0 Å². The molecule has 2 rings (SSSR count). The van der Waals surface area contributed by atoms with Crippen LogP contribution in [-0.2, 0) is 4.84 Å². The van der Waals surface area contributed by atoms with E-state index in [9.17, 15) is 4.79 Å². The summed E-state index contributed by atoms with van der Waals surface area (Å²) in [4.78, 5) is 16.7. The number of hydrogen-bond acceptors (Lipinski definition) is 3. The maximum atomic E-state index is 12.1. The van der Waals surface area contributed by atoms with E-state index in [4.69, 9.17) is 4.84 Å². The fraction of sp³-hybridized carbons (Fsp3) is 0.333. The lowest BCUT2D eigenvalue weighted by Crippen LogP contribution is -2.26. The molecule has 84 valence electrons. The predicted molar refractivity (Wildman–Crippen MR) is 66.1 cm³/mol. The summed E-state index contributed by atoms with van der Waals surface area (Å²) in [5.41, 5.74) is 1.47. The number of ketones is 1. The van der Waals surface area contributed by atoms with Gasteiger partial charge in [-0.05, 0) is 12.8 Å². The van der Waals surface area contributed by atoms with Gasteiger partial charge in [-0.15, -0.1) is 0 Å². The van der Waals surface area contributed by atoms with E-state index in [2.05, 4.69) is 21.1 Å². The van der Waals surface area contributed by atoms with Crippen LogP contribution in [0.4, 0.5) is 0 Å². The average molecular weight is 282 g/mol. The van der Waals surface area contributed by atoms with Crippen molar-refractivity contribution in [3.05, 3.63) is 35.9 Å². The van der Waals surface area contributed by atoms with Crippen LogP contribution in [0.5, 0.6) is 0 Å². The Morgan fingerprint density at radius 3 is 2.75 bits per heavy atom. The number of hydrogen-bond donors (Lipinski definition) is 0. The molecule has 0 saturated heterocycles. The predicted octanol–water partition coefficient (Wildman–Crippen LogP) is 2.80. The largest absolute Gasteiger partial charge is 0.396 e. The molecule has 4 heteroatoms. The molecule has 0 fully saturated rings. The number of halogens is 1. The highest BCUT2D eigenvalue weighted by atomic mass is 79.9. The number of oxime groups is 1. The fourth-order valence-electron chi connectivity index (χ4n) is 1.57. The van der Waals surface area contributed by atoms with Gasteiger partial charge in [0.2, 0.25) is 0 Å². The number of benzene rings is 1. The fourth-order valence-corrected chi connectivity index (χ4v) is 2.14. The number of carbonyl (C=O) groups is 1. The highest BCUT2D eigenvalue weighted by Crippen LogP contribution is 2.17. The first-order chi connectivity index (χ1) is 7.79. The molecule has 1 aliphatic heterocycles. The molecular weight excluding hydrogens is 270 g/mol. The van der Waals surface area contributed by atoms with Crippen molar-refractivity contribution in [3.63, 3.8) is 0 Å². The van der Waals surface area contributed by atoms with Crippen LogP contribution in [0.2, 0.25) is 0 Å². The van der Waals surface area contributed by atoms with Gasteiger partial charge in [-0.1, -0.05) is 51.4 Å². The number of rotatable bonds is 3. The first kappa shape index (κ1) is 11.3. The minimum absolute atomic E-state index is 0.0323. The summed E-state index contributed by atoms with van der Waals surface area (Å²) in [6, 6.07) is 9.21. The molecule has 16 heavy (non-hydrogen) atoms. The third kappa shape index (κ3) is 2.50. The summed E-state index contributed by atoms with van der Waals surface area (Å²) in [6.45, 7) is 0.642. The Morgan fingerprint density at radius 2 is 2.12 bits per heavy atom. The van der Waals surface area contributed by atoms with Crippen molar-refractivity contribution >= 4 is 27.4 Å². The van der Waals surface area contributed by atoms with Gasteiger partial charge in [-0.3, -0.25) is 4.79 Å². The molecule has 0 bridgehead atoms. The van der Waals surface area contributed by atoms with Gasteiger partial charge in [0.15, 0.2) is 5.78 Å². The van der Waals surface area contributed by atoms with Gasteiger partial charge in [0.05, 0.1) is 5.71 Å². The van der Waals surface area contributed by atoms with Crippen LogP contribution < -0.4 is 0 Å². The smallest absolute Gasteiger partial charge is 0.182 e. The molecule has 1 aromatic carbocycles. The zero-order chi connectivity index (χ0) is 11.4. The number of Topliss-reactive ketones (excluding diaryl/α,β-unsaturated/α-hetero) is 1. The summed E-state index contributed by atoms with van der Waals surface area (Å²) >= 11 is 3.38. The molecule has 1 atom stereocenters. The van der Waals surface area contributed by atoms with Crippen molar-refractivity contribution in [3.8, 4) is 0 Å².